The summed E-state index contributed by atoms with van der Waals surface area (Å²) < 4.78 is 39.6. The molecule has 1 aromatic heterocycles. The molecule has 0 saturated heterocycles. The van der Waals surface area contributed by atoms with Crippen molar-refractivity contribution in [1.82, 2.24) is 15.2 Å². The number of rotatable bonds is 6. The van der Waals surface area contributed by atoms with Crippen molar-refractivity contribution >= 4 is 11.8 Å². The Morgan fingerprint density at radius 3 is 2.30 bits per heavy atom. The average Bonchev–Trinajstić information content (AvgIpc) is 2.61. The second kappa shape index (κ2) is 9.19. The van der Waals surface area contributed by atoms with Gasteiger partial charge in [0.2, 0.25) is 5.91 Å². The molecule has 150 valence electrons. The number of nitrogens with one attached hydrogen (secondary N) is 1. The highest BCUT2D eigenvalue weighted by molar-refractivity contribution is 5.90. The molecule has 1 N–H and O–H groups in total. The molecule has 0 aliphatic heterocycles. The van der Waals surface area contributed by atoms with Crippen LogP contribution in [0.1, 0.15) is 57.6 Å². The number of hydrogen-bond acceptors (Lipinski definition) is 3. The van der Waals surface area contributed by atoms with Crippen LogP contribution in [-0.2, 0) is 9.59 Å². The number of carbonyl (C=O) groups is 2. The largest absolute Gasteiger partial charge is 0.471 e. The van der Waals surface area contributed by atoms with E-state index < -0.39 is 24.0 Å². The predicted molar refractivity (Wildman–Crippen MR) is 94.6 cm³/mol. The molecule has 0 radical (unpaired) electrons. The van der Waals surface area contributed by atoms with E-state index >= 15 is 0 Å². The monoisotopic (exact) mass is 385 g/mol. The summed E-state index contributed by atoms with van der Waals surface area (Å²) >= 11 is 0. The lowest BCUT2D eigenvalue weighted by Gasteiger charge is -2.34. The van der Waals surface area contributed by atoms with Crippen LogP contribution in [0.5, 0.6) is 0 Å². The van der Waals surface area contributed by atoms with Crippen molar-refractivity contribution in [2.45, 2.75) is 64.2 Å². The Balaban J connectivity index is 2.35. The molecule has 1 aromatic rings. The van der Waals surface area contributed by atoms with Crippen LogP contribution in [0.25, 0.3) is 0 Å². The van der Waals surface area contributed by atoms with E-state index in [-0.39, 0.29) is 18.5 Å². The van der Waals surface area contributed by atoms with Crippen LogP contribution in [0, 0.1) is 5.92 Å². The summed E-state index contributed by atoms with van der Waals surface area (Å²) in [5, 5.41) is 2.86. The number of nitrogens with zero attached hydrogens (tertiary/aromatic N) is 2. The molecule has 1 fully saturated rings. The molecule has 2 rings (SSSR count). The maximum absolute atomic E-state index is 13.2. The number of hydrogen-bond donors (Lipinski definition) is 1. The van der Waals surface area contributed by atoms with Crippen molar-refractivity contribution in [2.75, 3.05) is 6.54 Å². The average molecular weight is 385 g/mol. The van der Waals surface area contributed by atoms with Gasteiger partial charge in [0.05, 0.1) is 0 Å². The van der Waals surface area contributed by atoms with E-state index in [2.05, 4.69) is 10.3 Å². The summed E-state index contributed by atoms with van der Waals surface area (Å²) in [6, 6.07) is 1.54. The third-order valence-corrected chi connectivity index (χ3v) is 4.60. The van der Waals surface area contributed by atoms with Gasteiger partial charge >= 0.3 is 12.1 Å². The number of pyridine rings is 1. The summed E-state index contributed by atoms with van der Waals surface area (Å²) in [4.78, 5) is 29.6. The molecule has 8 heteroatoms. The zero-order valence-electron chi connectivity index (χ0n) is 15.6. The van der Waals surface area contributed by atoms with Crippen molar-refractivity contribution in [2.24, 2.45) is 5.92 Å². The van der Waals surface area contributed by atoms with E-state index in [0.717, 1.165) is 32.1 Å². The molecule has 0 unspecified atom stereocenters. The second-order valence-electron chi connectivity index (χ2n) is 7.38. The molecule has 1 aliphatic carbocycles. The van der Waals surface area contributed by atoms with Gasteiger partial charge in [-0.15, -0.1) is 0 Å². The standard InChI is InChI=1S/C19H26F3N3O2/c1-13(2)12-25(18(27)19(20,21)22)16(14-8-10-23-11-9-14)17(26)24-15-6-4-3-5-7-15/h8-11,13,15-16H,3-7,12H2,1-2H3,(H,24,26)/t16-/m1/s1. The van der Waals surface area contributed by atoms with Crippen molar-refractivity contribution in [1.29, 1.82) is 0 Å². The molecule has 0 spiro atoms. The highest BCUT2D eigenvalue weighted by Gasteiger charge is 2.46. The fourth-order valence-corrected chi connectivity index (χ4v) is 3.41. The van der Waals surface area contributed by atoms with Crippen molar-refractivity contribution in [3.8, 4) is 0 Å². The highest BCUT2D eigenvalue weighted by atomic mass is 19.4. The van der Waals surface area contributed by atoms with E-state index in [1.54, 1.807) is 13.8 Å². The molecule has 1 aliphatic rings. The normalized spacial score (nSPS) is 16.8. The van der Waals surface area contributed by atoms with Crippen LogP contribution < -0.4 is 5.32 Å². The summed E-state index contributed by atoms with van der Waals surface area (Å²) in [7, 11) is 0. The fourth-order valence-electron chi connectivity index (χ4n) is 3.41. The third-order valence-electron chi connectivity index (χ3n) is 4.60. The Morgan fingerprint density at radius 1 is 1.19 bits per heavy atom. The first-order valence-electron chi connectivity index (χ1n) is 9.28. The molecule has 0 aromatic carbocycles. The summed E-state index contributed by atoms with van der Waals surface area (Å²) in [6.07, 6.45) is 2.39. The lowest BCUT2D eigenvalue weighted by molar-refractivity contribution is -0.189. The van der Waals surface area contributed by atoms with E-state index in [1.165, 1.54) is 24.5 Å². The van der Waals surface area contributed by atoms with Crippen LogP contribution in [0.3, 0.4) is 0 Å². The van der Waals surface area contributed by atoms with Gasteiger partial charge in [-0.05, 0) is 36.5 Å². The zero-order valence-corrected chi connectivity index (χ0v) is 15.6. The maximum atomic E-state index is 13.2. The van der Waals surface area contributed by atoms with E-state index in [9.17, 15) is 22.8 Å². The summed E-state index contributed by atoms with van der Waals surface area (Å²) in [5.41, 5.74) is 0.316. The molecular formula is C19H26F3N3O2. The quantitative estimate of drug-likeness (QED) is 0.814. The van der Waals surface area contributed by atoms with Crippen molar-refractivity contribution in [3.63, 3.8) is 0 Å². The van der Waals surface area contributed by atoms with Gasteiger partial charge in [0.1, 0.15) is 6.04 Å². The third kappa shape index (κ3) is 5.94. The maximum Gasteiger partial charge on any atom is 0.471 e. The molecule has 0 bridgehead atoms. The first-order valence-corrected chi connectivity index (χ1v) is 9.28. The predicted octanol–water partition coefficient (Wildman–Crippen LogP) is 3.62. The molecule has 5 nitrogen and oxygen atoms in total. The minimum absolute atomic E-state index is 0.0718. The number of carbonyl (C=O) groups excluding carboxylic acids is 2. The van der Waals surface area contributed by atoms with Gasteiger partial charge < -0.3 is 10.2 Å². The van der Waals surface area contributed by atoms with Gasteiger partial charge in [0, 0.05) is 25.0 Å². The minimum atomic E-state index is -5.05. The molecule has 1 atom stereocenters. The minimum Gasteiger partial charge on any atom is -0.351 e. The first kappa shape index (κ1) is 21.2. The van der Waals surface area contributed by atoms with E-state index in [1.807, 2.05) is 0 Å². The topological polar surface area (TPSA) is 62.3 Å². The van der Waals surface area contributed by atoms with Gasteiger partial charge in [-0.1, -0.05) is 33.1 Å². The van der Waals surface area contributed by atoms with Gasteiger partial charge in [-0.3, -0.25) is 14.6 Å². The Bertz CT molecular complexity index is 629. The van der Waals surface area contributed by atoms with Crippen LogP contribution >= 0.6 is 0 Å². The number of aromatic nitrogens is 1. The lowest BCUT2D eigenvalue weighted by atomic mass is 9.94. The molecule has 1 saturated carbocycles. The smallest absolute Gasteiger partial charge is 0.351 e. The van der Waals surface area contributed by atoms with Crippen LogP contribution in [0.4, 0.5) is 13.2 Å². The van der Waals surface area contributed by atoms with Gasteiger partial charge in [0.25, 0.3) is 0 Å². The number of halogens is 3. The Labute approximate surface area is 157 Å². The van der Waals surface area contributed by atoms with Gasteiger partial charge in [-0.25, -0.2) is 0 Å². The molecular weight excluding hydrogens is 359 g/mol. The lowest BCUT2D eigenvalue weighted by Crippen LogP contribution is -2.51. The fraction of sp³-hybridized carbons (Fsp3) is 0.632. The number of alkyl halides is 3. The zero-order chi connectivity index (χ0) is 20.0. The molecule has 2 amide bonds. The SMILES string of the molecule is CC(C)CN(C(=O)C(F)(F)F)[C@@H](C(=O)NC1CCCCC1)c1ccncc1. The first-order chi connectivity index (χ1) is 12.7. The van der Waals surface area contributed by atoms with Crippen LogP contribution in [-0.4, -0.2) is 40.5 Å². The summed E-state index contributed by atoms with van der Waals surface area (Å²) in [5.74, 6) is -2.81. The van der Waals surface area contributed by atoms with Gasteiger partial charge in [0.15, 0.2) is 0 Å². The Morgan fingerprint density at radius 2 is 1.78 bits per heavy atom. The van der Waals surface area contributed by atoms with Crippen LogP contribution in [0.15, 0.2) is 24.5 Å². The van der Waals surface area contributed by atoms with Gasteiger partial charge in [-0.2, -0.15) is 13.2 Å². The Kier molecular flexibility index (Phi) is 7.21. The van der Waals surface area contributed by atoms with Crippen molar-refractivity contribution < 1.29 is 22.8 Å². The second-order valence-corrected chi connectivity index (χ2v) is 7.38. The van der Waals surface area contributed by atoms with Crippen molar-refractivity contribution in [3.05, 3.63) is 30.1 Å². The van der Waals surface area contributed by atoms with E-state index in [0.29, 0.717) is 10.5 Å². The molecule has 27 heavy (non-hydrogen) atoms. The Hall–Kier alpha value is -2.12. The van der Waals surface area contributed by atoms with Crippen LogP contribution in [0.2, 0.25) is 0 Å². The molecule has 1 heterocycles. The number of amides is 2. The summed E-state index contributed by atoms with van der Waals surface area (Å²) in [6.45, 7) is 3.24. The van der Waals surface area contributed by atoms with E-state index in [4.69, 9.17) is 0 Å². The highest BCUT2D eigenvalue weighted by Crippen LogP contribution is 2.29.